The van der Waals surface area contributed by atoms with Crippen molar-refractivity contribution in [1.82, 2.24) is 14.9 Å². The Morgan fingerprint density at radius 1 is 1.00 bits per heavy atom. The Balaban J connectivity index is 0.00000150. The highest BCUT2D eigenvalue weighted by atomic mass is 35.5. The number of halogens is 2. The van der Waals surface area contributed by atoms with E-state index < -0.39 is 5.97 Å². The molecular weight excluding hydrogens is 409 g/mol. The second-order valence-electron chi connectivity index (χ2n) is 8.13. The Hall–Kier alpha value is -1.56. The fourth-order valence-corrected chi connectivity index (χ4v) is 4.68. The summed E-state index contributed by atoms with van der Waals surface area (Å²) in [6, 6.07) is 8.92. The van der Waals surface area contributed by atoms with Gasteiger partial charge < -0.3 is 15.0 Å². The van der Waals surface area contributed by atoms with E-state index in [1.807, 2.05) is 0 Å². The zero-order valence-electron chi connectivity index (χ0n) is 16.8. The smallest absolute Gasteiger partial charge is 0.306 e. The van der Waals surface area contributed by atoms with Crippen LogP contribution in [-0.4, -0.2) is 33.7 Å². The van der Waals surface area contributed by atoms with Gasteiger partial charge in [0.15, 0.2) is 0 Å². The lowest BCUT2D eigenvalue weighted by Gasteiger charge is -2.25. The number of hydrogen-bond acceptors (Lipinski definition) is 3. The molecule has 0 amide bonds. The minimum absolute atomic E-state index is 0. The molecule has 7 heteroatoms. The maximum atomic E-state index is 11.2. The summed E-state index contributed by atoms with van der Waals surface area (Å²) in [6.45, 7) is 2.22. The minimum Gasteiger partial charge on any atom is -0.481 e. The highest BCUT2D eigenvalue weighted by Crippen LogP contribution is 2.36. The average Bonchev–Trinajstić information content (AvgIpc) is 3.10. The molecule has 0 bridgehead atoms. The van der Waals surface area contributed by atoms with Gasteiger partial charge >= 0.3 is 5.97 Å². The zero-order valence-corrected chi connectivity index (χ0v) is 18.5. The number of benzene rings is 1. The van der Waals surface area contributed by atoms with Crippen LogP contribution in [0, 0.1) is 5.92 Å². The Morgan fingerprint density at radius 3 is 2.21 bits per heavy atom. The SMILES string of the molecule is Cl.Cl.Cn1cc(-c2ccc(C3CCNCC3)cc2)nc1[C@H]1CC[C@H](C(=O)O)CC1. The summed E-state index contributed by atoms with van der Waals surface area (Å²) in [5, 5.41) is 12.6. The van der Waals surface area contributed by atoms with Crippen molar-refractivity contribution in [3.8, 4) is 11.3 Å². The second kappa shape index (κ2) is 10.5. The number of aryl methyl sites for hydroxylation is 1. The molecule has 1 aromatic carbocycles. The van der Waals surface area contributed by atoms with E-state index in [2.05, 4.69) is 47.4 Å². The van der Waals surface area contributed by atoms with E-state index in [0.29, 0.717) is 11.8 Å². The number of piperidine rings is 1. The van der Waals surface area contributed by atoms with Crippen LogP contribution < -0.4 is 5.32 Å². The Kier molecular flexibility index (Phi) is 8.56. The molecule has 160 valence electrons. The molecule has 29 heavy (non-hydrogen) atoms. The number of carboxylic acids is 1. The molecule has 2 fully saturated rings. The van der Waals surface area contributed by atoms with Gasteiger partial charge in [0.05, 0.1) is 11.6 Å². The van der Waals surface area contributed by atoms with Crippen LogP contribution in [0.5, 0.6) is 0 Å². The van der Waals surface area contributed by atoms with Gasteiger partial charge in [-0.3, -0.25) is 4.79 Å². The maximum Gasteiger partial charge on any atom is 0.306 e. The highest BCUT2D eigenvalue weighted by molar-refractivity contribution is 5.85. The summed E-state index contributed by atoms with van der Waals surface area (Å²) < 4.78 is 2.13. The first-order valence-electron chi connectivity index (χ1n) is 10.2. The van der Waals surface area contributed by atoms with Gasteiger partial charge in [-0.1, -0.05) is 24.3 Å². The number of rotatable bonds is 4. The van der Waals surface area contributed by atoms with Gasteiger partial charge in [-0.05, 0) is 63.1 Å². The van der Waals surface area contributed by atoms with Crippen LogP contribution in [0.2, 0.25) is 0 Å². The van der Waals surface area contributed by atoms with E-state index in [9.17, 15) is 9.90 Å². The van der Waals surface area contributed by atoms with Gasteiger partial charge in [0.25, 0.3) is 0 Å². The molecule has 1 aliphatic heterocycles. The van der Waals surface area contributed by atoms with E-state index in [4.69, 9.17) is 4.98 Å². The van der Waals surface area contributed by atoms with Crippen molar-refractivity contribution in [2.24, 2.45) is 13.0 Å². The molecule has 2 N–H and O–H groups in total. The molecule has 0 atom stereocenters. The molecule has 2 aliphatic rings. The van der Waals surface area contributed by atoms with Crippen LogP contribution >= 0.6 is 24.8 Å². The quantitative estimate of drug-likeness (QED) is 0.720. The van der Waals surface area contributed by atoms with Crippen molar-refractivity contribution in [3.63, 3.8) is 0 Å². The Morgan fingerprint density at radius 2 is 1.62 bits per heavy atom. The van der Waals surface area contributed by atoms with Crippen LogP contribution in [0.25, 0.3) is 11.3 Å². The summed E-state index contributed by atoms with van der Waals surface area (Å²) in [7, 11) is 2.05. The van der Waals surface area contributed by atoms with Crippen LogP contribution in [-0.2, 0) is 11.8 Å². The van der Waals surface area contributed by atoms with Gasteiger partial charge in [0, 0.05) is 24.7 Å². The van der Waals surface area contributed by atoms with Gasteiger partial charge in [-0.2, -0.15) is 0 Å². The topological polar surface area (TPSA) is 67.2 Å². The van der Waals surface area contributed by atoms with Crippen molar-refractivity contribution in [3.05, 3.63) is 41.9 Å². The van der Waals surface area contributed by atoms with E-state index in [0.717, 1.165) is 55.9 Å². The number of nitrogens with one attached hydrogen (secondary N) is 1. The first kappa shape index (κ1) is 23.7. The maximum absolute atomic E-state index is 11.2. The van der Waals surface area contributed by atoms with Crippen LogP contribution in [0.4, 0.5) is 0 Å². The third-order valence-electron chi connectivity index (χ3n) is 6.37. The number of carboxylic acid groups (broad SMARTS) is 1. The minimum atomic E-state index is -0.650. The molecular formula is C22H31Cl2N3O2. The van der Waals surface area contributed by atoms with Gasteiger partial charge in [-0.15, -0.1) is 24.8 Å². The van der Waals surface area contributed by atoms with E-state index in [1.165, 1.54) is 18.4 Å². The van der Waals surface area contributed by atoms with E-state index in [1.54, 1.807) is 0 Å². The Bertz CT molecular complexity index is 793. The van der Waals surface area contributed by atoms with Crippen molar-refractivity contribution >= 4 is 30.8 Å². The van der Waals surface area contributed by atoms with Crippen molar-refractivity contribution < 1.29 is 9.90 Å². The van der Waals surface area contributed by atoms with Gasteiger partial charge in [0.1, 0.15) is 5.82 Å². The number of imidazole rings is 1. The first-order valence-corrected chi connectivity index (χ1v) is 10.2. The van der Waals surface area contributed by atoms with Gasteiger partial charge in [0.2, 0.25) is 0 Å². The largest absolute Gasteiger partial charge is 0.481 e. The number of nitrogens with zero attached hydrogens (tertiary/aromatic N) is 2. The fourth-order valence-electron chi connectivity index (χ4n) is 4.68. The zero-order chi connectivity index (χ0) is 18.8. The monoisotopic (exact) mass is 439 g/mol. The van der Waals surface area contributed by atoms with Crippen molar-refractivity contribution in [2.75, 3.05) is 13.1 Å². The lowest BCUT2D eigenvalue weighted by Crippen LogP contribution is -2.26. The van der Waals surface area contributed by atoms with Crippen LogP contribution in [0.15, 0.2) is 30.5 Å². The molecule has 5 nitrogen and oxygen atoms in total. The number of hydrogen-bond donors (Lipinski definition) is 2. The standard InChI is InChI=1S/C22H29N3O2.2ClH/c1-25-14-20(24-21(25)18-6-8-19(9-7-18)22(26)27)17-4-2-15(3-5-17)16-10-12-23-13-11-16;;/h2-5,14,16,18-19,23H,6-13H2,1H3,(H,26,27);2*1H/t18-,19-;;. The first-order chi connectivity index (χ1) is 13.1. The summed E-state index contributed by atoms with van der Waals surface area (Å²) >= 11 is 0. The average molecular weight is 440 g/mol. The molecule has 1 aliphatic carbocycles. The molecule has 0 radical (unpaired) electrons. The number of carbonyl (C=O) groups is 1. The predicted molar refractivity (Wildman–Crippen MR) is 120 cm³/mol. The molecule has 1 saturated heterocycles. The van der Waals surface area contributed by atoms with Crippen molar-refractivity contribution in [1.29, 1.82) is 0 Å². The third kappa shape index (κ3) is 5.33. The van der Waals surface area contributed by atoms with Crippen LogP contribution in [0.3, 0.4) is 0 Å². The normalized spacial score (nSPS) is 22.4. The van der Waals surface area contributed by atoms with Gasteiger partial charge in [-0.25, -0.2) is 4.98 Å². The molecule has 1 aromatic heterocycles. The lowest BCUT2D eigenvalue weighted by atomic mass is 9.81. The highest BCUT2D eigenvalue weighted by Gasteiger charge is 2.29. The Labute approximate surface area is 185 Å². The molecule has 1 saturated carbocycles. The van der Waals surface area contributed by atoms with Crippen molar-refractivity contribution in [2.45, 2.75) is 50.4 Å². The summed E-state index contributed by atoms with van der Waals surface area (Å²) in [6.07, 6.45) is 7.88. The summed E-state index contributed by atoms with van der Waals surface area (Å²) in [5.74, 6) is 1.31. The van der Waals surface area contributed by atoms with E-state index >= 15 is 0 Å². The van der Waals surface area contributed by atoms with Crippen LogP contribution in [0.1, 0.15) is 61.7 Å². The molecule has 2 aromatic rings. The number of aliphatic carboxylic acids is 1. The molecule has 4 rings (SSSR count). The summed E-state index contributed by atoms with van der Waals surface area (Å²) in [5.41, 5.74) is 3.61. The fraction of sp³-hybridized carbons (Fsp3) is 0.545. The summed E-state index contributed by atoms with van der Waals surface area (Å²) in [4.78, 5) is 16.1. The van der Waals surface area contributed by atoms with E-state index in [-0.39, 0.29) is 30.7 Å². The second-order valence-corrected chi connectivity index (χ2v) is 8.13. The molecule has 2 heterocycles. The molecule has 0 unspecified atom stereocenters. The third-order valence-corrected chi connectivity index (χ3v) is 6.37. The number of aromatic nitrogens is 2. The lowest BCUT2D eigenvalue weighted by molar-refractivity contribution is -0.142. The molecule has 0 spiro atoms. The predicted octanol–water partition coefficient (Wildman–Crippen LogP) is 4.76.